The van der Waals surface area contributed by atoms with Gasteiger partial charge in [-0.2, -0.15) is 5.26 Å². The maximum Gasteiger partial charge on any atom is 0.125 e. The Morgan fingerprint density at radius 3 is 2.70 bits per heavy atom. The second-order valence-corrected chi connectivity index (χ2v) is 4.52. The zero-order chi connectivity index (χ0) is 14.7. The Kier molecular flexibility index (Phi) is 3.62. The SMILES string of the molecule is C=C(Nc1ccc(C#N)cc1C)c1cc(N)ccc1O. The second kappa shape index (κ2) is 5.37. The normalized spacial score (nSPS) is 9.80. The molecule has 4 heteroatoms. The molecule has 2 rings (SSSR count). The number of phenols is 1. The van der Waals surface area contributed by atoms with E-state index in [1.807, 2.05) is 13.0 Å². The van der Waals surface area contributed by atoms with Crippen molar-refractivity contribution in [2.75, 3.05) is 11.1 Å². The first kappa shape index (κ1) is 13.5. The van der Waals surface area contributed by atoms with E-state index in [2.05, 4.69) is 18.0 Å². The van der Waals surface area contributed by atoms with Crippen LogP contribution in [0.4, 0.5) is 11.4 Å². The van der Waals surface area contributed by atoms with Gasteiger partial charge >= 0.3 is 0 Å². The number of nitriles is 1. The Hall–Kier alpha value is -2.93. The third kappa shape index (κ3) is 2.73. The highest BCUT2D eigenvalue weighted by Crippen LogP contribution is 2.28. The summed E-state index contributed by atoms with van der Waals surface area (Å²) in [6.45, 7) is 5.81. The van der Waals surface area contributed by atoms with Gasteiger partial charge in [0.05, 0.1) is 11.6 Å². The van der Waals surface area contributed by atoms with Crippen LogP contribution >= 0.6 is 0 Å². The van der Waals surface area contributed by atoms with Gasteiger partial charge in [0.2, 0.25) is 0 Å². The average molecular weight is 265 g/mol. The van der Waals surface area contributed by atoms with Crippen molar-refractivity contribution in [2.45, 2.75) is 6.92 Å². The lowest BCUT2D eigenvalue weighted by atomic mass is 10.1. The van der Waals surface area contributed by atoms with Gasteiger partial charge in [-0.05, 0) is 48.9 Å². The fourth-order valence-corrected chi connectivity index (χ4v) is 1.90. The first-order valence-electron chi connectivity index (χ1n) is 6.07. The lowest BCUT2D eigenvalue weighted by Crippen LogP contribution is -2.00. The number of rotatable bonds is 3. The summed E-state index contributed by atoms with van der Waals surface area (Å²) in [5.41, 5.74) is 9.71. The van der Waals surface area contributed by atoms with Crippen LogP contribution in [0.25, 0.3) is 5.70 Å². The topological polar surface area (TPSA) is 82.1 Å². The minimum absolute atomic E-state index is 0.114. The standard InChI is InChI=1S/C16H15N3O/c1-10-7-12(9-17)3-5-15(10)19-11(2)14-8-13(18)4-6-16(14)20/h3-8,19-20H,2,18H2,1H3. The van der Waals surface area contributed by atoms with E-state index in [-0.39, 0.29) is 5.75 Å². The highest BCUT2D eigenvalue weighted by atomic mass is 16.3. The molecule has 0 saturated heterocycles. The summed E-state index contributed by atoms with van der Waals surface area (Å²) in [5.74, 6) is 0.114. The van der Waals surface area contributed by atoms with E-state index in [9.17, 15) is 5.11 Å². The van der Waals surface area contributed by atoms with Crippen LogP contribution in [-0.2, 0) is 0 Å². The fraction of sp³-hybridized carbons (Fsp3) is 0.0625. The minimum atomic E-state index is 0.114. The van der Waals surface area contributed by atoms with E-state index in [1.165, 1.54) is 6.07 Å². The molecule has 0 atom stereocenters. The maximum atomic E-state index is 9.84. The second-order valence-electron chi connectivity index (χ2n) is 4.52. The van der Waals surface area contributed by atoms with E-state index in [1.54, 1.807) is 24.3 Å². The Balaban J connectivity index is 2.28. The smallest absolute Gasteiger partial charge is 0.125 e. The van der Waals surface area contributed by atoms with Gasteiger partial charge in [-0.25, -0.2) is 0 Å². The molecule has 0 saturated carbocycles. The zero-order valence-corrected chi connectivity index (χ0v) is 11.1. The molecule has 4 nitrogen and oxygen atoms in total. The summed E-state index contributed by atoms with van der Waals surface area (Å²) in [7, 11) is 0. The number of phenolic OH excluding ortho intramolecular Hbond substituents is 1. The molecule has 0 aliphatic heterocycles. The monoisotopic (exact) mass is 265 g/mol. The number of nitrogens with zero attached hydrogens (tertiary/aromatic N) is 1. The van der Waals surface area contributed by atoms with Crippen LogP contribution in [0, 0.1) is 18.3 Å². The minimum Gasteiger partial charge on any atom is -0.507 e. The zero-order valence-electron chi connectivity index (χ0n) is 11.1. The number of hydrogen-bond donors (Lipinski definition) is 3. The molecule has 0 aromatic heterocycles. The highest BCUT2D eigenvalue weighted by Gasteiger charge is 2.08. The lowest BCUT2D eigenvalue weighted by Gasteiger charge is -2.14. The first-order valence-corrected chi connectivity index (χ1v) is 6.07. The lowest BCUT2D eigenvalue weighted by molar-refractivity contribution is 0.474. The van der Waals surface area contributed by atoms with Crippen molar-refractivity contribution in [1.82, 2.24) is 0 Å². The molecule has 0 radical (unpaired) electrons. The van der Waals surface area contributed by atoms with Crippen LogP contribution in [0.3, 0.4) is 0 Å². The molecule has 0 fully saturated rings. The predicted molar refractivity (Wildman–Crippen MR) is 81.1 cm³/mol. The van der Waals surface area contributed by atoms with Gasteiger partial charge in [-0.15, -0.1) is 0 Å². The summed E-state index contributed by atoms with van der Waals surface area (Å²) in [4.78, 5) is 0. The quantitative estimate of drug-likeness (QED) is 0.587. The van der Waals surface area contributed by atoms with E-state index in [4.69, 9.17) is 11.0 Å². The summed E-state index contributed by atoms with van der Waals surface area (Å²) in [5, 5.41) is 21.8. The average Bonchev–Trinajstić information content (AvgIpc) is 2.43. The number of hydrogen-bond acceptors (Lipinski definition) is 4. The van der Waals surface area contributed by atoms with E-state index in [0.717, 1.165) is 11.3 Å². The van der Waals surface area contributed by atoms with Gasteiger partial charge in [-0.1, -0.05) is 6.58 Å². The van der Waals surface area contributed by atoms with Gasteiger partial charge in [0.25, 0.3) is 0 Å². The van der Waals surface area contributed by atoms with Crippen molar-refractivity contribution in [3.63, 3.8) is 0 Å². The van der Waals surface area contributed by atoms with Crippen LogP contribution in [-0.4, -0.2) is 5.11 Å². The molecule has 0 aliphatic rings. The molecule has 100 valence electrons. The number of benzene rings is 2. The van der Waals surface area contributed by atoms with E-state index in [0.29, 0.717) is 22.5 Å². The maximum absolute atomic E-state index is 9.84. The van der Waals surface area contributed by atoms with Crippen LogP contribution < -0.4 is 11.1 Å². The third-order valence-electron chi connectivity index (χ3n) is 2.99. The van der Waals surface area contributed by atoms with E-state index < -0.39 is 0 Å². The molecular formula is C16H15N3O. The molecule has 4 N–H and O–H groups in total. The van der Waals surface area contributed by atoms with Crippen molar-refractivity contribution in [3.05, 3.63) is 59.7 Å². The van der Waals surface area contributed by atoms with Gasteiger partial charge in [0, 0.05) is 22.6 Å². The Morgan fingerprint density at radius 2 is 2.05 bits per heavy atom. The Labute approximate surface area is 117 Å². The van der Waals surface area contributed by atoms with Crippen molar-refractivity contribution in [2.24, 2.45) is 0 Å². The number of nitrogen functional groups attached to an aromatic ring is 1. The van der Waals surface area contributed by atoms with Crippen molar-refractivity contribution in [3.8, 4) is 11.8 Å². The number of nitrogens with two attached hydrogens (primary N) is 1. The van der Waals surface area contributed by atoms with Gasteiger partial charge in [-0.3, -0.25) is 0 Å². The van der Waals surface area contributed by atoms with Crippen molar-refractivity contribution >= 4 is 17.1 Å². The summed E-state index contributed by atoms with van der Waals surface area (Å²) < 4.78 is 0. The molecule has 0 heterocycles. The summed E-state index contributed by atoms with van der Waals surface area (Å²) >= 11 is 0. The molecule has 2 aromatic rings. The van der Waals surface area contributed by atoms with E-state index >= 15 is 0 Å². The van der Waals surface area contributed by atoms with Gasteiger partial charge < -0.3 is 16.2 Å². The third-order valence-corrected chi connectivity index (χ3v) is 2.99. The number of aryl methyl sites for hydroxylation is 1. The van der Waals surface area contributed by atoms with Crippen LogP contribution in [0.15, 0.2) is 43.0 Å². The van der Waals surface area contributed by atoms with Crippen molar-refractivity contribution in [1.29, 1.82) is 5.26 Å². The van der Waals surface area contributed by atoms with Gasteiger partial charge in [0.15, 0.2) is 0 Å². The van der Waals surface area contributed by atoms with Gasteiger partial charge in [0.1, 0.15) is 5.75 Å². The Morgan fingerprint density at radius 1 is 1.30 bits per heavy atom. The molecular weight excluding hydrogens is 250 g/mol. The molecule has 0 aliphatic carbocycles. The highest BCUT2D eigenvalue weighted by molar-refractivity contribution is 5.80. The Bertz CT molecular complexity index is 714. The predicted octanol–water partition coefficient (Wildman–Crippen LogP) is 3.24. The molecule has 0 bridgehead atoms. The van der Waals surface area contributed by atoms with Crippen LogP contribution in [0.1, 0.15) is 16.7 Å². The summed E-state index contributed by atoms with van der Waals surface area (Å²) in [6, 6.07) is 12.2. The van der Waals surface area contributed by atoms with Crippen LogP contribution in [0.5, 0.6) is 5.75 Å². The summed E-state index contributed by atoms with van der Waals surface area (Å²) in [6.07, 6.45) is 0. The molecule has 20 heavy (non-hydrogen) atoms. The molecule has 0 unspecified atom stereocenters. The number of aromatic hydroxyl groups is 1. The fourth-order valence-electron chi connectivity index (χ4n) is 1.90. The molecule has 2 aromatic carbocycles. The first-order chi connectivity index (χ1) is 9.51. The number of anilines is 2. The largest absolute Gasteiger partial charge is 0.507 e. The number of nitrogens with one attached hydrogen (secondary N) is 1. The van der Waals surface area contributed by atoms with Crippen molar-refractivity contribution < 1.29 is 5.11 Å². The molecule has 0 spiro atoms. The van der Waals surface area contributed by atoms with Crippen LogP contribution in [0.2, 0.25) is 0 Å². The molecule has 0 amide bonds.